The molecule has 0 unspecified atom stereocenters. The average molecular weight is 1260 g/mol. The maximum atomic E-state index is 10.7. The number of benzene rings is 6. The van der Waals surface area contributed by atoms with Crippen LogP contribution in [0.1, 0.15) is 345 Å². The summed E-state index contributed by atoms with van der Waals surface area (Å²) in [7, 11) is -3.00. The van der Waals surface area contributed by atoms with Gasteiger partial charge in [0, 0.05) is 16.2 Å². The van der Waals surface area contributed by atoms with Gasteiger partial charge in [-0.1, -0.05) is 358 Å². The van der Waals surface area contributed by atoms with Crippen LogP contribution in [0, 0.1) is 0 Å². The molecule has 3 aliphatic carbocycles. The van der Waals surface area contributed by atoms with Crippen LogP contribution >= 0.6 is 0 Å². The third-order valence-corrected chi connectivity index (χ3v) is 23.1. The normalized spacial score (nSPS) is 14.3. The van der Waals surface area contributed by atoms with Crippen molar-refractivity contribution in [3.8, 4) is 55.6 Å². The molecule has 0 spiro atoms. The van der Waals surface area contributed by atoms with Crippen molar-refractivity contribution in [3.63, 3.8) is 0 Å². The van der Waals surface area contributed by atoms with Gasteiger partial charge in [0.2, 0.25) is 0 Å². The minimum atomic E-state index is -1.50. The molecule has 0 atom stereocenters. The molecule has 6 heteroatoms. The van der Waals surface area contributed by atoms with Gasteiger partial charge in [-0.3, -0.25) is 0 Å². The number of rotatable bonds is 46. The second kappa shape index (κ2) is 36.6. The van der Waals surface area contributed by atoms with E-state index in [0.29, 0.717) is 10.9 Å². The largest absolute Gasteiger partial charge is 0.488 e. The summed E-state index contributed by atoms with van der Waals surface area (Å²) in [5, 5.41) is 43.0. The van der Waals surface area contributed by atoms with E-state index >= 15 is 0 Å². The molecule has 4 N–H and O–H groups in total. The van der Waals surface area contributed by atoms with Crippen LogP contribution in [-0.2, 0) is 16.2 Å². The highest BCUT2D eigenvalue weighted by molar-refractivity contribution is 6.59. The van der Waals surface area contributed by atoms with Gasteiger partial charge in [0.25, 0.3) is 0 Å². The molecule has 0 saturated heterocycles. The van der Waals surface area contributed by atoms with Gasteiger partial charge in [-0.15, -0.1) is 0 Å². The second-order valence-corrected chi connectivity index (χ2v) is 29.8. The Kier molecular flexibility index (Phi) is 28.5. The Morgan fingerprint density at radius 2 is 0.387 bits per heavy atom. The fourth-order valence-corrected chi connectivity index (χ4v) is 17.8. The lowest BCUT2D eigenvalue weighted by Gasteiger charge is -2.34. The van der Waals surface area contributed by atoms with E-state index in [1.165, 1.54) is 320 Å². The summed E-state index contributed by atoms with van der Waals surface area (Å²) >= 11 is 0. The summed E-state index contributed by atoms with van der Waals surface area (Å²) in [6.45, 7) is 13.9. The van der Waals surface area contributed by atoms with E-state index in [2.05, 4.69) is 139 Å². The molecule has 0 amide bonds. The zero-order valence-corrected chi connectivity index (χ0v) is 59.5. The van der Waals surface area contributed by atoms with Gasteiger partial charge in [0.05, 0.1) is 0 Å². The van der Waals surface area contributed by atoms with Gasteiger partial charge >= 0.3 is 14.2 Å². The molecule has 0 radical (unpaired) electrons. The highest BCUT2D eigenvalue weighted by Crippen LogP contribution is 2.59. The lowest BCUT2D eigenvalue weighted by Crippen LogP contribution is -2.32. The summed E-state index contributed by atoms with van der Waals surface area (Å²) in [6, 6.07) is 43.0. The van der Waals surface area contributed by atoms with Crippen LogP contribution in [0.25, 0.3) is 55.6 Å². The van der Waals surface area contributed by atoms with Gasteiger partial charge in [-0.25, -0.2) is 0 Å². The third kappa shape index (κ3) is 17.4. The molecule has 6 aromatic carbocycles. The van der Waals surface area contributed by atoms with Crippen molar-refractivity contribution >= 4 is 25.2 Å². The van der Waals surface area contributed by atoms with Crippen molar-refractivity contribution in [1.29, 1.82) is 0 Å². The first-order valence-corrected chi connectivity index (χ1v) is 39.2. The summed E-state index contributed by atoms with van der Waals surface area (Å²) in [4.78, 5) is 0. The molecule has 502 valence electrons. The van der Waals surface area contributed by atoms with Gasteiger partial charge in [0.15, 0.2) is 0 Å². The molecular formula is C87H124B2O4. The molecule has 0 aromatic heterocycles. The first-order valence-electron chi connectivity index (χ1n) is 39.2. The lowest BCUT2D eigenvalue weighted by molar-refractivity contribution is 0.397. The Morgan fingerprint density at radius 3 is 0.581 bits per heavy atom. The van der Waals surface area contributed by atoms with Crippen LogP contribution < -0.4 is 10.9 Å². The molecule has 0 heterocycles. The van der Waals surface area contributed by atoms with E-state index in [9.17, 15) is 20.1 Å². The van der Waals surface area contributed by atoms with Crippen LogP contribution in [0.15, 0.2) is 109 Å². The number of unbranched alkanes of at least 4 members (excludes halogenated alkanes) is 30. The summed E-state index contributed by atoms with van der Waals surface area (Å²) in [5.74, 6) is 0. The molecule has 4 nitrogen and oxygen atoms in total. The number of hydrogen-bond donors (Lipinski definition) is 4. The quantitative estimate of drug-likeness (QED) is 0.0227. The lowest BCUT2D eigenvalue weighted by atomic mass is 9.68. The molecular weight excluding hydrogens is 1130 g/mol. The van der Waals surface area contributed by atoms with Crippen molar-refractivity contribution in [1.82, 2.24) is 0 Å². The minimum Gasteiger partial charge on any atom is -0.423 e. The first-order chi connectivity index (χ1) is 45.5. The Balaban J connectivity index is 1.16. The van der Waals surface area contributed by atoms with Gasteiger partial charge < -0.3 is 20.1 Å². The van der Waals surface area contributed by atoms with E-state index in [0.717, 1.165) is 38.5 Å². The number of hydrogen-bond acceptors (Lipinski definition) is 4. The molecule has 9 rings (SSSR count). The van der Waals surface area contributed by atoms with Crippen LogP contribution in [0.3, 0.4) is 0 Å². The SMILES string of the molecule is CCCCCCCCC1(CCCCCCCC)c2cc(B(O)O)ccc2-c2ccc(-c3ccc4c(c3)C(CCCCCCCC)(CCCCCCCC)c3cc(-c5ccc6c(c5)C(CCCCCCCC)(CCCCCCCC)c5cc(B(O)O)ccc5-6)ccc3-4)cc21. The van der Waals surface area contributed by atoms with E-state index in [1.54, 1.807) is 0 Å². The Labute approximate surface area is 567 Å². The van der Waals surface area contributed by atoms with Gasteiger partial charge in [-0.05, 0) is 163 Å². The molecule has 0 saturated carbocycles. The Bertz CT molecular complexity index is 3000. The van der Waals surface area contributed by atoms with Crippen LogP contribution in [0.2, 0.25) is 0 Å². The van der Waals surface area contributed by atoms with E-state index < -0.39 is 14.2 Å². The maximum absolute atomic E-state index is 10.7. The standard InChI is InChI=1S/C87H124B2O4/c1-7-13-19-25-31-37-55-85(56-38-32-26-20-14-8-2)79-61-67(69-45-51-75-77-53-47-71(88(90)91)65-83(77)86(81(75)63-69,57-39-33-27-21-15-9-3)58-40-34-28-22-16-10-4)43-49-73(79)74-50-44-68(62-80(74)85)70-46-52-76-78-54-48-72(89(92)93)66-84(78)87(82(76)64-70,59-41-35-29-23-17-11-5)60-42-36-30-24-18-12-6/h43-54,61-66,90-93H,7-42,55-60H2,1-6H3. The van der Waals surface area contributed by atoms with Crippen molar-refractivity contribution in [3.05, 3.63) is 143 Å². The first kappa shape index (κ1) is 72.6. The zero-order chi connectivity index (χ0) is 65.5. The summed E-state index contributed by atoms with van der Waals surface area (Å²) in [5.41, 5.74) is 22.6. The van der Waals surface area contributed by atoms with Crippen molar-refractivity contribution in [2.45, 2.75) is 327 Å². The van der Waals surface area contributed by atoms with Crippen LogP contribution in [0.5, 0.6) is 0 Å². The summed E-state index contributed by atoms with van der Waals surface area (Å²) in [6.07, 6.45) is 52.0. The zero-order valence-electron chi connectivity index (χ0n) is 59.5. The highest BCUT2D eigenvalue weighted by atomic mass is 16.4. The fraction of sp³-hybridized carbons (Fsp3) is 0.586. The number of fused-ring (bicyclic) bond motifs is 9. The van der Waals surface area contributed by atoms with E-state index in [1.807, 2.05) is 12.1 Å². The molecule has 93 heavy (non-hydrogen) atoms. The maximum Gasteiger partial charge on any atom is 0.488 e. The Morgan fingerprint density at radius 1 is 0.215 bits per heavy atom. The topological polar surface area (TPSA) is 80.9 Å². The van der Waals surface area contributed by atoms with Crippen molar-refractivity contribution in [2.24, 2.45) is 0 Å². The average Bonchev–Trinajstić information content (AvgIpc) is 1.58. The minimum absolute atomic E-state index is 0.131. The van der Waals surface area contributed by atoms with Crippen molar-refractivity contribution in [2.75, 3.05) is 0 Å². The molecule has 0 bridgehead atoms. The van der Waals surface area contributed by atoms with Crippen LogP contribution in [-0.4, -0.2) is 34.3 Å². The summed E-state index contributed by atoms with van der Waals surface area (Å²) < 4.78 is 0. The predicted molar refractivity (Wildman–Crippen MR) is 404 cm³/mol. The predicted octanol–water partition coefficient (Wildman–Crippen LogP) is 23.7. The third-order valence-electron chi connectivity index (χ3n) is 23.1. The molecule has 0 aliphatic heterocycles. The van der Waals surface area contributed by atoms with Gasteiger partial charge in [-0.2, -0.15) is 0 Å². The second-order valence-electron chi connectivity index (χ2n) is 29.8. The smallest absolute Gasteiger partial charge is 0.423 e. The van der Waals surface area contributed by atoms with E-state index in [-0.39, 0.29) is 16.2 Å². The molecule has 0 fully saturated rings. The Hall–Kier alpha value is -4.71. The monoisotopic (exact) mass is 1250 g/mol. The molecule has 3 aliphatic rings. The fourth-order valence-electron chi connectivity index (χ4n) is 17.8. The highest BCUT2D eigenvalue weighted by Gasteiger charge is 2.46. The van der Waals surface area contributed by atoms with Crippen LogP contribution in [0.4, 0.5) is 0 Å². The molecule has 6 aromatic rings. The van der Waals surface area contributed by atoms with Crippen molar-refractivity contribution < 1.29 is 20.1 Å². The van der Waals surface area contributed by atoms with Gasteiger partial charge in [0.1, 0.15) is 0 Å². The van der Waals surface area contributed by atoms with E-state index in [4.69, 9.17) is 0 Å².